The van der Waals surface area contributed by atoms with E-state index < -0.39 is 18.0 Å². The summed E-state index contributed by atoms with van der Waals surface area (Å²) in [6, 6.07) is 28.1. The molecular weight excluding hydrogens is 525 g/mol. The van der Waals surface area contributed by atoms with Gasteiger partial charge in [0, 0.05) is 30.3 Å². The molecule has 2 unspecified atom stereocenters. The van der Waals surface area contributed by atoms with Gasteiger partial charge in [0.2, 0.25) is 0 Å². The van der Waals surface area contributed by atoms with Crippen LogP contribution in [-0.4, -0.2) is 17.1 Å². The van der Waals surface area contributed by atoms with Gasteiger partial charge in [0.15, 0.2) is 0 Å². The van der Waals surface area contributed by atoms with E-state index in [4.69, 9.17) is 0 Å². The summed E-state index contributed by atoms with van der Waals surface area (Å²) in [5.41, 5.74) is 4.81. The number of aromatic nitrogens is 1. The second-order valence-corrected chi connectivity index (χ2v) is 9.75. The molecule has 0 aliphatic heterocycles. The number of amides is 1. The molecular formula is C33H33F3N4O. The van der Waals surface area contributed by atoms with Gasteiger partial charge in [-0.3, -0.25) is 9.78 Å². The van der Waals surface area contributed by atoms with Gasteiger partial charge in [-0.15, -0.1) is 0 Å². The van der Waals surface area contributed by atoms with E-state index in [2.05, 4.69) is 20.9 Å². The summed E-state index contributed by atoms with van der Waals surface area (Å²) in [6.45, 7) is 3.59. The standard InChI is InChI=1S/C33H33F3N4O/c1-3-24-9-7-13-28(20-24)39-30(19-23(2)33(34,35)36)32(41)40-29-14-8-12-27(21-29)31(26-10-5-4-6-11-26)38-22-25-15-17-37-18-16-25/h4-21,23,31,38-39H,3,22H2,1-2H3,(H,40,41)/b30-19-. The lowest BCUT2D eigenvalue weighted by molar-refractivity contribution is -0.156. The summed E-state index contributed by atoms with van der Waals surface area (Å²) in [4.78, 5) is 17.4. The number of rotatable bonds is 11. The maximum Gasteiger partial charge on any atom is 0.394 e. The molecule has 0 aliphatic rings. The number of allylic oxidation sites excluding steroid dienone is 1. The number of aryl methyl sites for hydroxylation is 1. The molecule has 1 aromatic heterocycles. The molecule has 4 rings (SSSR count). The maximum absolute atomic E-state index is 13.4. The van der Waals surface area contributed by atoms with Crippen molar-refractivity contribution in [1.29, 1.82) is 0 Å². The Morgan fingerprint density at radius 1 is 0.829 bits per heavy atom. The minimum Gasteiger partial charge on any atom is -0.351 e. The third-order valence-electron chi connectivity index (χ3n) is 6.66. The second-order valence-electron chi connectivity index (χ2n) is 9.75. The molecule has 2 atom stereocenters. The lowest BCUT2D eigenvalue weighted by Crippen LogP contribution is -2.25. The van der Waals surface area contributed by atoms with Crippen LogP contribution in [0, 0.1) is 5.92 Å². The van der Waals surface area contributed by atoms with E-state index in [1.54, 1.807) is 30.6 Å². The summed E-state index contributed by atoms with van der Waals surface area (Å²) < 4.78 is 40.3. The van der Waals surface area contributed by atoms with E-state index in [0.717, 1.165) is 41.7 Å². The Kier molecular flexibility index (Phi) is 9.92. The van der Waals surface area contributed by atoms with Gasteiger partial charge in [0.25, 0.3) is 5.91 Å². The van der Waals surface area contributed by atoms with Crippen molar-refractivity contribution in [3.63, 3.8) is 0 Å². The molecule has 212 valence electrons. The van der Waals surface area contributed by atoms with Gasteiger partial charge in [-0.2, -0.15) is 13.2 Å². The predicted molar refractivity (Wildman–Crippen MR) is 157 cm³/mol. The van der Waals surface area contributed by atoms with Crippen molar-refractivity contribution in [2.75, 3.05) is 10.6 Å². The molecule has 5 nitrogen and oxygen atoms in total. The van der Waals surface area contributed by atoms with Gasteiger partial charge in [-0.1, -0.05) is 68.4 Å². The minimum absolute atomic E-state index is 0.177. The van der Waals surface area contributed by atoms with Crippen molar-refractivity contribution in [2.45, 2.75) is 39.0 Å². The first kappa shape index (κ1) is 29.6. The Bertz CT molecular complexity index is 1460. The number of nitrogens with zero attached hydrogens (tertiary/aromatic N) is 1. The number of carbonyl (C=O) groups excluding carboxylic acids is 1. The molecule has 41 heavy (non-hydrogen) atoms. The fraction of sp³-hybridized carbons (Fsp3) is 0.212. The van der Waals surface area contributed by atoms with Crippen LogP contribution < -0.4 is 16.0 Å². The quantitative estimate of drug-likeness (QED) is 0.165. The van der Waals surface area contributed by atoms with Crippen molar-refractivity contribution in [3.05, 3.63) is 137 Å². The third kappa shape index (κ3) is 8.53. The zero-order valence-corrected chi connectivity index (χ0v) is 23.0. The first-order valence-corrected chi connectivity index (χ1v) is 13.5. The van der Waals surface area contributed by atoms with Crippen LogP contribution in [0.5, 0.6) is 0 Å². The largest absolute Gasteiger partial charge is 0.394 e. The molecule has 3 N–H and O–H groups in total. The Labute approximate surface area is 238 Å². The van der Waals surface area contributed by atoms with Crippen molar-refractivity contribution < 1.29 is 18.0 Å². The van der Waals surface area contributed by atoms with Crippen molar-refractivity contribution in [1.82, 2.24) is 10.3 Å². The fourth-order valence-electron chi connectivity index (χ4n) is 4.33. The number of anilines is 2. The highest BCUT2D eigenvalue weighted by atomic mass is 19.4. The van der Waals surface area contributed by atoms with Gasteiger partial charge in [-0.25, -0.2) is 0 Å². The number of nitrogens with one attached hydrogen (secondary N) is 3. The van der Waals surface area contributed by atoms with Crippen LogP contribution in [0.1, 0.15) is 42.1 Å². The van der Waals surface area contributed by atoms with Gasteiger partial charge in [-0.05, 0) is 71.1 Å². The molecule has 3 aromatic carbocycles. The van der Waals surface area contributed by atoms with Crippen LogP contribution in [0.3, 0.4) is 0 Å². The highest BCUT2D eigenvalue weighted by Gasteiger charge is 2.35. The average Bonchev–Trinajstić information content (AvgIpc) is 2.98. The number of hydrogen-bond donors (Lipinski definition) is 3. The minimum atomic E-state index is -4.48. The molecule has 1 heterocycles. The number of carbonyl (C=O) groups is 1. The Morgan fingerprint density at radius 3 is 2.17 bits per heavy atom. The number of benzene rings is 3. The molecule has 8 heteroatoms. The molecule has 0 aliphatic carbocycles. The molecule has 0 saturated carbocycles. The van der Waals surface area contributed by atoms with Crippen LogP contribution in [0.25, 0.3) is 0 Å². The highest BCUT2D eigenvalue weighted by molar-refractivity contribution is 6.05. The first-order chi connectivity index (χ1) is 19.7. The van der Waals surface area contributed by atoms with E-state index >= 15 is 0 Å². The highest BCUT2D eigenvalue weighted by Crippen LogP contribution is 2.29. The zero-order valence-electron chi connectivity index (χ0n) is 23.0. The van der Waals surface area contributed by atoms with E-state index in [1.807, 2.05) is 79.7 Å². The lowest BCUT2D eigenvalue weighted by atomic mass is 9.98. The van der Waals surface area contributed by atoms with Crippen LogP contribution in [0.2, 0.25) is 0 Å². The van der Waals surface area contributed by atoms with Gasteiger partial charge in [0.1, 0.15) is 5.70 Å². The Balaban J connectivity index is 1.60. The van der Waals surface area contributed by atoms with Crippen LogP contribution >= 0.6 is 0 Å². The second kappa shape index (κ2) is 13.8. The van der Waals surface area contributed by atoms with E-state index in [0.29, 0.717) is 17.9 Å². The van der Waals surface area contributed by atoms with E-state index in [-0.39, 0.29) is 11.7 Å². The molecule has 0 spiro atoms. The van der Waals surface area contributed by atoms with E-state index in [9.17, 15) is 18.0 Å². The van der Waals surface area contributed by atoms with Crippen LogP contribution in [-0.2, 0) is 17.8 Å². The van der Waals surface area contributed by atoms with Gasteiger partial charge < -0.3 is 16.0 Å². The topological polar surface area (TPSA) is 66.1 Å². The Hall–Kier alpha value is -4.43. The normalized spacial score (nSPS) is 13.3. The number of pyridine rings is 1. The maximum atomic E-state index is 13.4. The SMILES string of the molecule is CCc1cccc(N/C(=C\C(C)C(F)(F)F)C(=O)Nc2cccc(C(NCc3ccncc3)c3ccccc3)c2)c1. The van der Waals surface area contributed by atoms with Crippen molar-refractivity contribution in [2.24, 2.45) is 5.92 Å². The first-order valence-electron chi connectivity index (χ1n) is 13.5. The number of alkyl halides is 3. The van der Waals surface area contributed by atoms with Gasteiger partial charge in [0.05, 0.1) is 12.0 Å². The molecule has 0 radical (unpaired) electrons. The molecule has 0 bridgehead atoms. The molecule has 4 aromatic rings. The summed E-state index contributed by atoms with van der Waals surface area (Å²) >= 11 is 0. The smallest absolute Gasteiger partial charge is 0.351 e. The van der Waals surface area contributed by atoms with Crippen molar-refractivity contribution >= 4 is 17.3 Å². The third-order valence-corrected chi connectivity index (χ3v) is 6.66. The number of hydrogen-bond acceptors (Lipinski definition) is 4. The van der Waals surface area contributed by atoms with Crippen LogP contribution in [0.4, 0.5) is 24.5 Å². The average molecular weight is 559 g/mol. The summed E-state index contributed by atoms with van der Waals surface area (Å²) in [5.74, 6) is -2.49. The lowest BCUT2D eigenvalue weighted by Gasteiger charge is -2.21. The van der Waals surface area contributed by atoms with Crippen molar-refractivity contribution in [3.8, 4) is 0 Å². The Morgan fingerprint density at radius 2 is 1.49 bits per heavy atom. The fourth-order valence-corrected chi connectivity index (χ4v) is 4.33. The zero-order chi connectivity index (χ0) is 29.2. The predicted octanol–water partition coefficient (Wildman–Crippen LogP) is 7.66. The van der Waals surface area contributed by atoms with Crippen LogP contribution in [0.15, 0.2) is 115 Å². The molecule has 0 fully saturated rings. The van der Waals surface area contributed by atoms with E-state index in [1.165, 1.54) is 0 Å². The number of halogens is 3. The summed E-state index contributed by atoms with van der Waals surface area (Å²) in [5, 5.41) is 9.27. The molecule has 1 amide bonds. The summed E-state index contributed by atoms with van der Waals surface area (Å²) in [6.07, 6.45) is 0.664. The van der Waals surface area contributed by atoms with Gasteiger partial charge >= 0.3 is 6.18 Å². The molecule has 0 saturated heterocycles. The monoisotopic (exact) mass is 558 g/mol. The summed E-state index contributed by atoms with van der Waals surface area (Å²) in [7, 11) is 0.